The molecule has 0 aliphatic rings. The maximum absolute atomic E-state index is 12.6. The van der Waals surface area contributed by atoms with Crippen molar-refractivity contribution in [3.63, 3.8) is 0 Å². The Labute approximate surface area is 191 Å². The number of nitrogens with zero attached hydrogens (tertiary/aromatic N) is 3. The van der Waals surface area contributed by atoms with E-state index in [-0.39, 0.29) is 11.7 Å². The molecule has 0 fully saturated rings. The minimum absolute atomic E-state index is 0.0792. The number of nitrogens with one attached hydrogen (secondary N) is 1. The van der Waals surface area contributed by atoms with Gasteiger partial charge in [0.1, 0.15) is 5.75 Å². The predicted octanol–water partition coefficient (Wildman–Crippen LogP) is 4.81. The summed E-state index contributed by atoms with van der Waals surface area (Å²) < 4.78 is 7.10. The van der Waals surface area contributed by atoms with E-state index in [9.17, 15) is 4.79 Å². The Bertz CT molecular complexity index is 1190. The van der Waals surface area contributed by atoms with E-state index in [4.69, 9.17) is 4.74 Å². The van der Waals surface area contributed by atoms with Crippen LogP contribution >= 0.6 is 11.8 Å². The number of ether oxygens (including phenoxy) is 1. The average molecular weight is 445 g/mol. The Morgan fingerprint density at radius 2 is 1.69 bits per heavy atom. The molecule has 4 aromatic rings. The zero-order valence-corrected chi connectivity index (χ0v) is 18.8. The van der Waals surface area contributed by atoms with Gasteiger partial charge in [0.2, 0.25) is 5.91 Å². The summed E-state index contributed by atoms with van der Waals surface area (Å²) in [5.41, 5.74) is 4.05. The molecule has 32 heavy (non-hydrogen) atoms. The second-order valence-corrected chi connectivity index (χ2v) is 8.19. The number of amides is 1. The van der Waals surface area contributed by atoms with Crippen molar-refractivity contribution < 1.29 is 9.53 Å². The molecule has 0 radical (unpaired) electrons. The highest BCUT2D eigenvalue weighted by atomic mass is 32.2. The van der Waals surface area contributed by atoms with Crippen molar-refractivity contribution in [3.05, 3.63) is 90.0 Å². The van der Waals surface area contributed by atoms with Crippen molar-refractivity contribution in [2.45, 2.75) is 11.6 Å². The van der Waals surface area contributed by atoms with E-state index >= 15 is 0 Å². The molecule has 0 saturated carbocycles. The molecule has 1 amide bonds. The van der Waals surface area contributed by atoms with E-state index in [0.717, 1.165) is 34.8 Å². The molecule has 0 aliphatic heterocycles. The van der Waals surface area contributed by atoms with E-state index in [1.165, 1.54) is 17.3 Å². The third-order valence-corrected chi connectivity index (χ3v) is 6.06. The summed E-state index contributed by atoms with van der Waals surface area (Å²) in [6.07, 6.45) is 0.763. The van der Waals surface area contributed by atoms with E-state index in [1.54, 1.807) is 7.11 Å². The first-order chi connectivity index (χ1) is 15.6. The molecule has 0 aliphatic carbocycles. The lowest BCUT2D eigenvalue weighted by molar-refractivity contribution is -0.113. The van der Waals surface area contributed by atoms with E-state index in [1.807, 2.05) is 78.3 Å². The number of aromatic nitrogens is 3. The first kappa shape index (κ1) is 21.6. The van der Waals surface area contributed by atoms with Gasteiger partial charge < -0.3 is 14.6 Å². The van der Waals surface area contributed by atoms with E-state index < -0.39 is 0 Å². The van der Waals surface area contributed by atoms with Crippen LogP contribution in [0.25, 0.3) is 11.4 Å². The minimum atomic E-state index is -0.0792. The van der Waals surface area contributed by atoms with Crippen LogP contribution in [0.2, 0.25) is 0 Å². The molecule has 0 spiro atoms. The fraction of sp³-hybridized carbons (Fsp3) is 0.160. The zero-order valence-electron chi connectivity index (χ0n) is 18.0. The van der Waals surface area contributed by atoms with Gasteiger partial charge in [0.05, 0.1) is 12.9 Å². The first-order valence-electron chi connectivity index (χ1n) is 10.2. The standard InChI is InChI=1S/C25H24N4O2S/c1-29-24(19-12-14-21(31-2)15-13-19)27-28-25(29)32-17-23(30)26-22-11-7-6-10-20(22)16-18-8-4-3-5-9-18/h3-15H,16-17H2,1-2H3,(H,26,30). The number of anilines is 1. The normalized spacial score (nSPS) is 10.7. The van der Waals surface area contributed by atoms with Gasteiger partial charge in [-0.15, -0.1) is 10.2 Å². The summed E-state index contributed by atoms with van der Waals surface area (Å²) in [6.45, 7) is 0. The molecule has 0 bridgehead atoms. The fourth-order valence-corrected chi connectivity index (χ4v) is 4.07. The van der Waals surface area contributed by atoms with E-state index in [2.05, 4.69) is 27.6 Å². The van der Waals surface area contributed by atoms with Gasteiger partial charge in [-0.05, 0) is 47.9 Å². The molecular weight excluding hydrogens is 420 g/mol. The van der Waals surface area contributed by atoms with Crippen molar-refractivity contribution in [2.75, 3.05) is 18.2 Å². The monoisotopic (exact) mass is 444 g/mol. The van der Waals surface area contributed by atoms with Crippen molar-refractivity contribution in [1.29, 1.82) is 0 Å². The summed E-state index contributed by atoms with van der Waals surface area (Å²) >= 11 is 1.36. The quantitative estimate of drug-likeness (QED) is 0.395. The molecule has 7 heteroatoms. The molecule has 0 saturated heterocycles. The Morgan fingerprint density at radius 3 is 2.44 bits per heavy atom. The Hall–Kier alpha value is -3.58. The summed E-state index contributed by atoms with van der Waals surface area (Å²) in [5.74, 6) is 1.69. The summed E-state index contributed by atoms with van der Waals surface area (Å²) in [5, 5.41) is 12.3. The van der Waals surface area contributed by atoms with Crippen LogP contribution in [-0.2, 0) is 18.3 Å². The molecular formula is C25H24N4O2S. The van der Waals surface area contributed by atoms with Crippen molar-refractivity contribution >= 4 is 23.4 Å². The Balaban J connectivity index is 1.39. The number of carbonyl (C=O) groups is 1. The zero-order chi connectivity index (χ0) is 22.3. The highest BCUT2D eigenvalue weighted by Gasteiger charge is 2.14. The third kappa shape index (κ3) is 5.18. The average Bonchev–Trinajstić information content (AvgIpc) is 3.20. The summed E-state index contributed by atoms with van der Waals surface area (Å²) in [6, 6.07) is 25.8. The topological polar surface area (TPSA) is 69.0 Å². The molecule has 1 heterocycles. The van der Waals surface area contributed by atoms with Crippen molar-refractivity contribution in [2.24, 2.45) is 7.05 Å². The van der Waals surface area contributed by atoms with Crippen LogP contribution in [0, 0.1) is 0 Å². The fourth-order valence-electron chi connectivity index (χ4n) is 3.36. The van der Waals surface area contributed by atoms with Gasteiger partial charge in [0, 0.05) is 18.3 Å². The number of hydrogen-bond acceptors (Lipinski definition) is 5. The number of benzene rings is 3. The molecule has 162 valence electrons. The van der Waals surface area contributed by atoms with Gasteiger partial charge in [0.25, 0.3) is 0 Å². The lowest BCUT2D eigenvalue weighted by Gasteiger charge is -2.11. The molecule has 3 aromatic carbocycles. The highest BCUT2D eigenvalue weighted by molar-refractivity contribution is 7.99. The van der Waals surface area contributed by atoms with Crippen LogP contribution in [0.3, 0.4) is 0 Å². The summed E-state index contributed by atoms with van der Waals surface area (Å²) in [4.78, 5) is 12.6. The molecule has 6 nitrogen and oxygen atoms in total. The number of carbonyl (C=O) groups excluding carboxylic acids is 1. The van der Waals surface area contributed by atoms with Crippen molar-refractivity contribution in [1.82, 2.24) is 14.8 Å². The Kier molecular flexibility index (Phi) is 6.87. The van der Waals surface area contributed by atoms with Gasteiger partial charge in [-0.3, -0.25) is 4.79 Å². The van der Waals surface area contributed by atoms with Gasteiger partial charge in [-0.2, -0.15) is 0 Å². The largest absolute Gasteiger partial charge is 0.497 e. The minimum Gasteiger partial charge on any atom is -0.497 e. The van der Waals surface area contributed by atoms with Crippen LogP contribution in [0.1, 0.15) is 11.1 Å². The molecule has 1 N–H and O–H groups in total. The number of rotatable bonds is 8. The van der Waals surface area contributed by atoms with Gasteiger partial charge >= 0.3 is 0 Å². The molecule has 1 aromatic heterocycles. The second-order valence-electron chi connectivity index (χ2n) is 7.25. The number of thioether (sulfide) groups is 1. The van der Waals surface area contributed by atoms with Gasteiger partial charge in [-0.25, -0.2) is 0 Å². The van der Waals surface area contributed by atoms with E-state index in [0.29, 0.717) is 5.16 Å². The maximum atomic E-state index is 12.6. The first-order valence-corrected chi connectivity index (χ1v) is 11.2. The lowest BCUT2D eigenvalue weighted by Crippen LogP contribution is -2.15. The van der Waals surface area contributed by atoms with Crippen LogP contribution in [0.15, 0.2) is 84.0 Å². The molecule has 0 unspecified atom stereocenters. The van der Waals surface area contributed by atoms with Crippen LogP contribution in [-0.4, -0.2) is 33.5 Å². The number of hydrogen-bond donors (Lipinski definition) is 1. The highest BCUT2D eigenvalue weighted by Crippen LogP contribution is 2.25. The lowest BCUT2D eigenvalue weighted by atomic mass is 10.0. The van der Waals surface area contributed by atoms with Crippen LogP contribution in [0.4, 0.5) is 5.69 Å². The van der Waals surface area contributed by atoms with Crippen molar-refractivity contribution in [3.8, 4) is 17.1 Å². The third-order valence-electron chi connectivity index (χ3n) is 5.04. The molecule has 0 atom stereocenters. The Morgan fingerprint density at radius 1 is 0.969 bits per heavy atom. The predicted molar refractivity (Wildman–Crippen MR) is 128 cm³/mol. The maximum Gasteiger partial charge on any atom is 0.234 e. The number of para-hydroxylation sites is 1. The summed E-state index contributed by atoms with van der Waals surface area (Å²) in [7, 11) is 3.53. The van der Waals surface area contributed by atoms with Gasteiger partial charge in [-0.1, -0.05) is 60.3 Å². The number of methoxy groups -OCH3 is 1. The smallest absolute Gasteiger partial charge is 0.234 e. The van der Waals surface area contributed by atoms with Crippen LogP contribution < -0.4 is 10.1 Å². The molecule has 4 rings (SSSR count). The SMILES string of the molecule is COc1ccc(-c2nnc(SCC(=O)Nc3ccccc3Cc3ccccc3)n2C)cc1. The van der Waals surface area contributed by atoms with Gasteiger partial charge in [0.15, 0.2) is 11.0 Å². The van der Waals surface area contributed by atoms with Crippen LogP contribution in [0.5, 0.6) is 5.75 Å². The second kappa shape index (κ2) is 10.2.